The quantitative estimate of drug-likeness (QED) is 0.378. The van der Waals surface area contributed by atoms with E-state index in [1.165, 1.54) is 7.11 Å². The Hall–Kier alpha value is -2.79. The number of amides is 2. The fourth-order valence-corrected chi connectivity index (χ4v) is 3.90. The van der Waals surface area contributed by atoms with Crippen LogP contribution in [0.3, 0.4) is 0 Å². The van der Waals surface area contributed by atoms with Gasteiger partial charge < -0.3 is 25.0 Å². The average Bonchev–Trinajstić information content (AvgIpc) is 3.18. The van der Waals surface area contributed by atoms with E-state index in [4.69, 9.17) is 27.9 Å². The van der Waals surface area contributed by atoms with Crippen molar-refractivity contribution in [2.75, 3.05) is 24.8 Å². The fourth-order valence-electron chi connectivity index (χ4n) is 2.84. The van der Waals surface area contributed by atoms with E-state index >= 15 is 0 Å². The highest BCUT2D eigenvalue weighted by Crippen LogP contribution is 2.26. The number of halogens is 2. The van der Waals surface area contributed by atoms with Crippen LogP contribution in [0.2, 0.25) is 10.0 Å². The molecule has 3 aromatic rings. The van der Waals surface area contributed by atoms with Crippen LogP contribution in [0.15, 0.2) is 47.6 Å². The van der Waals surface area contributed by atoms with E-state index in [-0.39, 0.29) is 24.2 Å². The van der Waals surface area contributed by atoms with Crippen molar-refractivity contribution in [3.63, 3.8) is 0 Å². The number of hydrogen-bond donors (Lipinski definition) is 3. The molecule has 0 bridgehead atoms. The zero-order valence-corrected chi connectivity index (χ0v) is 20.0. The fraction of sp³-hybridized carbons (Fsp3) is 0.238. The molecule has 0 saturated carbocycles. The third kappa shape index (κ3) is 6.38. The minimum atomic E-state index is -0.787. The zero-order chi connectivity index (χ0) is 24.0. The number of rotatable bonds is 9. The van der Waals surface area contributed by atoms with E-state index < -0.39 is 6.04 Å². The lowest BCUT2D eigenvalue weighted by Crippen LogP contribution is -2.32. The van der Waals surface area contributed by atoms with Crippen LogP contribution in [0.1, 0.15) is 22.2 Å². The molecule has 1 aromatic heterocycles. The van der Waals surface area contributed by atoms with Crippen LogP contribution in [0, 0.1) is 0 Å². The van der Waals surface area contributed by atoms with Crippen molar-refractivity contribution in [2.24, 2.45) is 7.05 Å². The Bertz CT molecular complexity index is 1140. The molecule has 0 radical (unpaired) electrons. The van der Waals surface area contributed by atoms with Crippen LogP contribution >= 0.6 is 35.0 Å². The number of thioether (sulfide) groups is 1. The van der Waals surface area contributed by atoms with E-state index in [9.17, 15) is 14.7 Å². The van der Waals surface area contributed by atoms with Gasteiger partial charge in [-0.15, -0.1) is 10.2 Å². The number of benzene rings is 2. The largest absolute Gasteiger partial charge is 0.497 e. The van der Waals surface area contributed by atoms with Crippen LogP contribution in [0.25, 0.3) is 0 Å². The van der Waals surface area contributed by atoms with Crippen molar-refractivity contribution >= 4 is 52.5 Å². The molecular weight excluding hydrogens is 489 g/mol. The topological polar surface area (TPSA) is 118 Å². The first-order chi connectivity index (χ1) is 15.8. The van der Waals surface area contributed by atoms with Gasteiger partial charge in [0.1, 0.15) is 11.8 Å². The summed E-state index contributed by atoms with van der Waals surface area (Å²) in [5, 5.41) is 24.6. The molecule has 9 nitrogen and oxygen atoms in total. The van der Waals surface area contributed by atoms with Crippen LogP contribution in [0.4, 0.5) is 5.69 Å². The maximum atomic E-state index is 12.5. The Labute approximate surface area is 204 Å². The van der Waals surface area contributed by atoms with Crippen molar-refractivity contribution in [2.45, 2.75) is 11.2 Å². The molecule has 0 saturated heterocycles. The number of anilines is 1. The van der Waals surface area contributed by atoms with Gasteiger partial charge in [-0.05, 0) is 42.5 Å². The number of aliphatic hydroxyl groups is 1. The van der Waals surface area contributed by atoms with E-state index in [0.29, 0.717) is 38.0 Å². The smallest absolute Gasteiger partial charge is 0.251 e. The summed E-state index contributed by atoms with van der Waals surface area (Å²) in [5.41, 5.74) is 0.817. The minimum absolute atomic E-state index is 0.0385. The van der Waals surface area contributed by atoms with Gasteiger partial charge in [0.2, 0.25) is 5.91 Å². The molecule has 0 aliphatic heterocycles. The lowest BCUT2D eigenvalue weighted by molar-refractivity contribution is -0.113. The molecule has 0 aliphatic carbocycles. The molecule has 2 aromatic carbocycles. The van der Waals surface area contributed by atoms with E-state index in [0.717, 1.165) is 11.8 Å². The second-order valence-corrected chi connectivity index (χ2v) is 8.58. The lowest BCUT2D eigenvalue weighted by Gasteiger charge is -2.16. The Balaban J connectivity index is 1.62. The van der Waals surface area contributed by atoms with Crippen LogP contribution in [-0.2, 0) is 11.8 Å². The molecule has 33 heavy (non-hydrogen) atoms. The highest BCUT2D eigenvalue weighted by Gasteiger charge is 2.22. The molecule has 0 aliphatic rings. The molecule has 0 fully saturated rings. The monoisotopic (exact) mass is 509 g/mol. The zero-order valence-electron chi connectivity index (χ0n) is 17.7. The Morgan fingerprint density at radius 3 is 2.58 bits per heavy atom. The van der Waals surface area contributed by atoms with Gasteiger partial charge in [-0.1, -0.05) is 35.0 Å². The van der Waals surface area contributed by atoms with Gasteiger partial charge in [0.05, 0.1) is 30.2 Å². The van der Waals surface area contributed by atoms with Crippen LogP contribution < -0.4 is 15.4 Å². The average molecular weight is 510 g/mol. The van der Waals surface area contributed by atoms with Gasteiger partial charge in [-0.3, -0.25) is 9.59 Å². The number of methoxy groups -OCH3 is 1. The maximum absolute atomic E-state index is 12.5. The molecular formula is C21H21Cl2N5O4S. The van der Waals surface area contributed by atoms with Gasteiger partial charge in [0.15, 0.2) is 11.0 Å². The van der Waals surface area contributed by atoms with E-state index in [1.54, 1.807) is 54.1 Å². The summed E-state index contributed by atoms with van der Waals surface area (Å²) in [5.74, 6) is 0.325. The van der Waals surface area contributed by atoms with Crippen LogP contribution in [0.5, 0.6) is 5.75 Å². The number of aliphatic hydroxyl groups excluding tert-OH is 1. The number of hydrogen-bond acceptors (Lipinski definition) is 7. The number of carbonyl (C=O) groups excluding carboxylic acids is 2. The van der Waals surface area contributed by atoms with E-state index in [1.807, 2.05) is 0 Å². The van der Waals surface area contributed by atoms with Crippen molar-refractivity contribution in [1.82, 2.24) is 20.1 Å². The summed E-state index contributed by atoms with van der Waals surface area (Å²) in [6.45, 7) is -0.383. The standard InChI is InChI=1S/C21H21Cl2N5O4S/c1-28-19(17(10-29)25-20(31)12-3-6-14(32-2)7-4-12)26-27-21(28)33-11-18(30)24-16-9-13(22)5-8-15(16)23/h3-9,17,29H,10-11H2,1-2H3,(H,24,30)(H,25,31). The molecule has 2 amide bonds. The second-order valence-electron chi connectivity index (χ2n) is 6.80. The number of carbonyl (C=O) groups is 2. The van der Waals surface area contributed by atoms with Crippen molar-refractivity contribution < 1.29 is 19.4 Å². The van der Waals surface area contributed by atoms with Gasteiger partial charge in [-0.2, -0.15) is 0 Å². The van der Waals surface area contributed by atoms with Crippen molar-refractivity contribution in [3.05, 3.63) is 63.9 Å². The molecule has 1 heterocycles. The SMILES string of the molecule is COc1ccc(C(=O)NC(CO)c2nnc(SCC(=O)Nc3cc(Cl)ccc3Cl)n2C)cc1. The molecule has 1 unspecified atom stereocenters. The second kappa shape index (κ2) is 11.4. The number of ether oxygens (including phenoxy) is 1. The first-order valence-electron chi connectivity index (χ1n) is 9.65. The summed E-state index contributed by atoms with van der Waals surface area (Å²) < 4.78 is 6.70. The summed E-state index contributed by atoms with van der Waals surface area (Å²) in [6, 6.07) is 10.6. The normalized spacial score (nSPS) is 11.7. The number of nitrogens with zero attached hydrogens (tertiary/aromatic N) is 3. The lowest BCUT2D eigenvalue weighted by atomic mass is 10.2. The highest BCUT2D eigenvalue weighted by molar-refractivity contribution is 7.99. The Morgan fingerprint density at radius 2 is 1.91 bits per heavy atom. The first kappa shape index (κ1) is 24.8. The molecule has 12 heteroatoms. The molecule has 174 valence electrons. The Morgan fingerprint density at radius 1 is 1.18 bits per heavy atom. The van der Waals surface area contributed by atoms with E-state index in [2.05, 4.69) is 20.8 Å². The summed E-state index contributed by atoms with van der Waals surface area (Å²) in [6.07, 6.45) is 0. The molecule has 0 spiro atoms. The van der Waals surface area contributed by atoms with Crippen molar-refractivity contribution in [1.29, 1.82) is 0 Å². The van der Waals surface area contributed by atoms with Gasteiger partial charge in [0.25, 0.3) is 5.91 Å². The predicted octanol–water partition coefficient (Wildman–Crippen LogP) is 3.32. The summed E-state index contributed by atoms with van der Waals surface area (Å²) in [4.78, 5) is 24.9. The van der Waals surface area contributed by atoms with Crippen LogP contribution in [-0.4, -0.2) is 51.2 Å². The van der Waals surface area contributed by atoms with Gasteiger partial charge >= 0.3 is 0 Å². The number of nitrogens with one attached hydrogen (secondary N) is 2. The molecule has 1 atom stereocenters. The van der Waals surface area contributed by atoms with Crippen molar-refractivity contribution in [3.8, 4) is 5.75 Å². The summed E-state index contributed by atoms with van der Waals surface area (Å²) >= 11 is 13.1. The summed E-state index contributed by atoms with van der Waals surface area (Å²) in [7, 11) is 3.22. The Kier molecular flexibility index (Phi) is 8.56. The molecule has 3 N–H and O–H groups in total. The third-order valence-electron chi connectivity index (χ3n) is 4.56. The third-order valence-corrected chi connectivity index (χ3v) is 6.14. The maximum Gasteiger partial charge on any atom is 0.251 e. The predicted molar refractivity (Wildman–Crippen MR) is 127 cm³/mol. The molecule has 3 rings (SSSR count). The van der Waals surface area contributed by atoms with Gasteiger partial charge in [-0.25, -0.2) is 0 Å². The first-order valence-corrected chi connectivity index (χ1v) is 11.4. The number of aromatic nitrogens is 3. The highest BCUT2D eigenvalue weighted by atomic mass is 35.5. The van der Waals surface area contributed by atoms with Gasteiger partial charge in [0, 0.05) is 17.6 Å². The minimum Gasteiger partial charge on any atom is -0.497 e.